The summed E-state index contributed by atoms with van der Waals surface area (Å²) in [5.74, 6) is -15.9. The van der Waals surface area contributed by atoms with Gasteiger partial charge in [-0.1, -0.05) is 25.7 Å². The number of alkyl halides is 9. The summed E-state index contributed by atoms with van der Waals surface area (Å²) in [5, 5.41) is -6.82. The number of ether oxygens (including phenoxy) is 1. The van der Waals surface area contributed by atoms with Gasteiger partial charge in [0.1, 0.15) is 5.84 Å². The van der Waals surface area contributed by atoms with E-state index < -0.39 is 45.1 Å². The molecule has 0 aromatic heterocycles. The predicted molar refractivity (Wildman–Crippen MR) is 90.8 cm³/mol. The van der Waals surface area contributed by atoms with Crippen LogP contribution in [0.4, 0.5) is 39.5 Å². The van der Waals surface area contributed by atoms with Gasteiger partial charge >= 0.3 is 33.3 Å². The van der Waals surface area contributed by atoms with Gasteiger partial charge in [-0.15, -0.1) is 4.40 Å². The van der Waals surface area contributed by atoms with E-state index in [4.69, 9.17) is 4.74 Å². The third-order valence-electron chi connectivity index (χ3n) is 5.21. The topological polar surface area (TPSA) is 59.0 Å². The van der Waals surface area contributed by atoms with E-state index >= 15 is 0 Å². The number of nitrogens with zero attached hydrogens (tertiary/aromatic N) is 2. The number of morpholine rings is 1. The average Bonchev–Trinajstić information content (AvgIpc) is 2.95. The maximum Gasteiger partial charge on any atom is 0.460 e. The first-order valence-electron chi connectivity index (χ1n) is 9.43. The Morgan fingerprint density at radius 3 is 1.74 bits per heavy atom. The maximum atomic E-state index is 14.1. The van der Waals surface area contributed by atoms with Crippen LogP contribution < -0.4 is 0 Å². The molecule has 2 fully saturated rings. The molecule has 0 aromatic carbocycles. The smallest absolute Gasteiger partial charge is 0.378 e. The average molecular weight is 492 g/mol. The lowest BCUT2D eigenvalue weighted by Crippen LogP contribution is -2.63. The van der Waals surface area contributed by atoms with E-state index in [1.807, 2.05) is 0 Å². The molecule has 1 heterocycles. The van der Waals surface area contributed by atoms with Gasteiger partial charge in [0.2, 0.25) is 0 Å². The SMILES string of the molecule is O=S(=O)(/N=C(/C1CCCCCC1)N1CCOCC1)C(F)(F)C(F)(F)C(F)(F)C(F)(F)F. The Labute approximate surface area is 172 Å². The van der Waals surface area contributed by atoms with Crippen LogP contribution in [0, 0.1) is 5.92 Å². The molecule has 1 saturated heterocycles. The minimum absolute atomic E-state index is 0.0322. The van der Waals surface area contributed by atoms with Crippen molar-refractivity contribution in [3.8, 4) is 0 Å². The van der Waals surface area contributed by atoms with E-state index in [1.165, 1.54) is 4.90 Å². The standard InChI is InChI=1S/C16H21F9N2O3S/c17-13(18,15(21,22)23)14(19,20)16(24,25)31(28,29)26-12(27-7-9-30-10-8-27)11-5-3-1-2-4-6-11/h11H,1-10H2/b26-12-. The van der Waals surface area contributed by atoms with Crippen molar-refractivity contribution >= 4 is 15.9 Å². The van der Waals surface area contributed by atoms with Crippen molar-refractivity contribution in [3.05, 3.63) is 0 Å². The van der Waals surface area contributed by atoms with E-state index in [9.17, 15) is 47.9 Å². The molecule has 1 aliphatic carbocycles. The Hall–Kier alpha value is -1.25. The molecule has 31 heavy (non-hydrogen) atoms. The highest BCUT2D eigenvalue weighted by atomic mass is 32.2. The van der Waals surface area contributed by atoms with Crippen LogP contribution in [0.25, 0.3) is 0 Å². The van der Waals surface area contributed by atoms with Gasteiger partial charge in [0.15, 0.2) is 0 Å². The molecule has 0 unspecified atom stereocenters. The lowest BCUT2D eigenvalue weighted by atomic mass is 9.98. The summed E-state index contributed by atoms with van der Waals surface area (Å²) < 4.78 is 151. The highest BCUT2D eigenvalue weighted by Crippen LogP contribution is 2.55. The molecule has 2 rings (SSSR count). The zero-order chi connectivity index (χ0) is 23.7. The first-order chi connectivity index (χ1) is 14.1. The number of hydrogen-bond donors (Lipinski definition) is 0. The van der Waals surface area contributed by atoms with E-state index in [0.29, 0.717) is 12.8 Å². The van der Waals surface area contributed by atoms with Crippen LogP contribution in [0.5, 0.6) is 0 Å². The largest absolute Gasteiger partial charge is 0.460 e. The zero-order valence-electron chi connectivity index (χ0n) is 16.1. The molecule has 0 aromatic rings. The summed E-state index contributed by atoms with van der Waals surface area (Å²) in [4.78, 5) is 1.20. The normalized spacial score (nSPS) is 21.8. The number of halogens is 9. The van der Waals surface area contributed by atoms with Gasteiger partial charge in [-0.05, 0) is 12.8 Å². The molecule has 2 aliphatic rings. The monoisotopic (exact) mass is 492 g/mol. The summed E-state index contributed by atoms with van der Waals surface area (Å²) in [6.07, 6.45) is -4.00. The molecule has 0 atom stereocenters. The lowest BCUT2D eigenvalue weighted by molar-refractivity contribution is -0.382. The Morgan fingerprint density at radius 2 is 1.29 bits per heavy atom. The first-order valence-corrected chi connectivity index (χ1v) is 10.9. The first kappa shape index (κ1) is 26.0. The second-order valence-electron chi connectivity index (χ2n) is 7.38. The third kappa shape index (κ3) is 4.91. The lowest BCUT2D eigenvalue weighted by Gasteiger charge is -2.35. The van der Waals surface area contributed by atoms with Crippen molar-refractivity contribution in [3.63, 3.8) is 0 Å². The van der Waals surface area contributed by atoms with Gasteiger partial charge in [0.05, 0.1) is 13.2 Å². The predicted octanol–water partition coefficient (Wildman–Crippen LogP) is 4.44. The van der Waals surface area contributed by atoms with Gasteiger partial charge in [-0.2, -0.15) is 47.9 Å². The van der Waals surface area contributed by atoms with Gasteiger partial charge < -0.3 is 9.64 Å². The van der Waals surface area contributed by atoms with Crippen molar-refractivity contribution in [2.75, 3.05) is 26.3 Å². The molecule has 0 amide bonds. The molecule has 0 bridgehead atoms. The molecule has 15 heteroatoms. The summed E-state index contributed by atoms with van der Waals surface area (Å²) >= 11 is 0. The molecule has 0 spiro atoms. The minimum atomic E-state index is -7.31. The fourth-order valence-corrected chi connectivity index (χ4v) is 4.50. The molecule has 5 nitrogen and oxygen atoms in total. The Bertz CT molecular complexity index is 755. The number of rotatable bonds is 5. The van der Waals surface area contributed by atoms with Gasteiger partial charge in [-0.3, -0.25) is 0 Å². The van der Waals surface area contributed by atoms with Crippen LogP contribution >= 0.6 is 0 Å². The van der Waals surface area contributed by atoms with Gasteiger partial charge in [-0.25, -0.2) is 0 Å². The molecular weight excluding hydrogens is 471 g/mol. The molecule has 0 radical (unpaired) electrons. The molecule has 1 saturated carbocycles. The van der Waals surface area contributed by atoms with Crippen molar-refractivity contribution < 1.29 is 52.7 Å². The van der Waals surface area contributed by atoms with Crippen LogP contribution in [0.15, 0.2) is 4.40 Å². The number of sulfonamides is 1. The fourth-order valence-electron chi connectivity index (χ4n) is 3.42. The fraction of sp³-hybridized carbons (Fsp3) is 0.938. The van der Waals surface area contributed by atoms with Gasteiger partial charge in [0, 0.05) is 19.0 Å². The van der Waals surface area contributed by atoms with E-state index in [2.05, 4.69) is 4.40 Å². The van der Waals surface area contributed by atoms with Crippen LogP contribution in [-0.4, -0.2) is 68.7 Å². The molecule has 1 aliphatic heterocycles. The Kier molecular flexibility index (Phi) is 7.50. The maximum absolute atomic E-state index is 14.1. The Morgan fingerprint density at radius 1 is 0.806 bits per heavy atom. The second kappa shape index (κ2) is 8.94. The minimum Gasteiger partial charge on any atom is -0.378 e. The van der Waals surface area contributed by atoms with E-state index in [0.717, 1.165) is 12.8 Å². The number of amidine groups is 1. The molecular formula is C16H21F9N2O3S. The van der Waals surface area contributed by atoms with Gasteiger partial charge in [0.25, 0.3) is 0 Å². The third-order valence-corrected chi connectivity index (χ3v) is 6.54. The summed E-state index contributed by atoms with van der Waals surface area (Å²) in [6.45, 7) is -0.00791. The van der Waals surface area contributed by atoms with E-state index in [-0.39, 0.29) is 39.1 Å². The summed E-state index contributed by atoms with van der Waals surface area (Å²) in [6, 6.07) is 0. The van der Waals surface area contributed by atoms with Crippen molar-refractivity contribution in [2.45, 2.75) is 61.8 Å². The highest BCUT2D eigenvalue weighted by Gasteiger charge is 2.85. The highest BCUT2D eigenvalue weighted by molar-refractivity contribution is 7.91. The zero-order valence-corrected chi connectivity index (χ0v) is 16.9. The van der Waals surface area contributed by atoms with E-state index in [1.54, 1.807) is 0 Å². The second-order valence-corrected chi connectivity index (χ2v) is 9.02. The van der Waals surface area contributed by atoms with Crippen molar-refractivity contribution in [2.24, 2.45) is 10.3 Å². The van der Waals surface area contributed by atoms with Crippen molar-refractivity contribution in [1.29, 1.82) is 0 Å². The summed E-state index contributed by atoms with van der Waals surface area (Å²) in [7, 11) is -6.83. The van der Waals surface area contributed by atoms with Crippen LogP contribution in [0.2, 0.25) is 0 Å². The summed E-state index contributed by atoms with van der Waals surface area (Å²) in [5.41, 5.74) is 0. The van der Waals surface area contributed by atoms with Crippen molar-refractivity contribution in [1.82, 2.24) is 4.90 Å². The number of hydrogen-bond acceptors (Lipinski definition) is 3. The van der Waals surface area contributed by atoms with Crippen LogP contribution in [0.1, 0.15) is 38.5 Å². The Balaban J connectivity index is 2.53. The van der Waals surface area contributed by atoms with Crippen LogP contribution in [-0.2, 0) is 14.8 Å². The van der Waals surface area contributed by atoms with Crippen LogP contribution in [0.3, 0.4) is 0 Å². The molecule has 0 N–H and O–H groups in total. The quantitative estimate of drug-likeness (QED) is 0.247. The molecule has 182 valence electrons.